The fraction of sp³-hybridized carbons (Fsp3) is 0.667. The molecule has 1 saturated heterocycles. The summed E-state index contributed by atoms with van der Waals surface area (Å²) in [4.78, 5) is 9.15. The summed E-state index contributed by atoms with van der Waals surface area (Å²) < 4.78 is 0. The molecule has 3 rings (SSSR count). The van der Waals surface area contributed by atoms with Gasteiger partial charge in [0.05, 0.1) is 17.6 Å². The normalized spacial score (nSPS) is 22.6. The van der Waals surface area contributed by atoms with Crippen LogP contribution in [0, 0.1) is 0 Å². The third kappa shape index (κ3) is 2.84. The van der Waals surface area contributed by atoms with Gasteiger partial charge in [-0.1, -0.05) is 19.3 Å². The second kappa shape index (κ2) is 5.78. The summed E-state index contributed by atoms with van der Waals surface area (Å²) in [5, 5.41) is 0. The zero-order valence-electron chi connectivity index (χ0n) is 11.6. The molecule has 0 atom stereocenters. The van der Waals surface area contributed by atoms with Crippen LogP contribution in [-0.2, 0) is 0 Å². The Labute approximate surface area is 115 Å². The number of anilines is 2. The predicted octanol–water partition coefficient (Wildman–Crippen LogP) is 2.12. The van der Waals surface area contributed by atoms with Gasteiger partial charge in [-0.25, -0.2) is 0 Å². The fourth-order valence-corrected chi connectivity index (χ4v) is 3.46. The predicted molar refractivity (Wildman–Crippen MR) is 79.3 cm³/mol. The van der Waals surface area contributed by atoms with Gasteiger partial charge in [0.1, 0.15) is 0 Å². The molecule has 2 heterocycles. The summed E-state index contributed by atoms with van der Waals surface area (Å²) in [7, 11) is 0. The van der Waals surface area contributed by atoms with Crippen molar-refractivity contribution in [1.29, 1.82) is 0 Å². The van der Waals surface area contributed by atoms with Gasteiger partial charge in [0.25, 0.3) is 0 Å². The van der Waals surface area contributed by atoms with E-state index < -0.39 is 0 Å². The second-order valence-electron chi connectivity index (χ2n) is 5.75. The van der Waals surface area contributed by atoms with E-state index in [1.165, 1.54) is 45.2 Å². The van der Waals surface area contributed by atoms with Crippen molar-refractivity contribution in [2.45, 2.75) is 38.1 Å². The molecule has 1 aliphatic carbocycles. The zero-order valence-corrected chi connectivity index (χ0v) is 11.6. The number of rotatable bonds is 2. The molecule has 1 aromatic heterocycles. The van der Waals surface area contributed by atoms with Crippen molar-refractivity contribution in [3.8, 4) is 0 Å². The summed E-state index contributed by atoms with van der Waals surface area (Å²) in [6, 6.07) is 2.87. The molecule has 104 valence electrons. The summed E-state index contributed by atoms with van der Waals surface area (Å²) in [6.45, 7) is 4.52. The van der Waals surface area contributed by atoms with E-state index in [0.29, 0.717) is 0 Å². The molecule has 2 aliphatic rings. The van der Waals surface area contributed by atoms with Gasteiger partial charge in [0, 0.05) is 38.4 Å². The molecule has 0 unspecified atom stereocenters. The van der Waals surface area contributed by atoms with Crippen LogP contribution in [0.1, 0.15) is 32.1 Å². The van der Waals surface area contributed by atoms with Crippen molar-refractivity contribution >= 4 is 11.4 Å². The molecular formula is C15H24N4. The van der Waals surface area contributed by atoms with Gasteiger partial charge in [-0.2, -0.15) is 0 Å². The standard InChI is InChI=1S/C15H24N4/c16-14-12-17-7-6-15(14)19-10-8-18(9-11-19)13-4-2-1-3-5-13/h6-7,12-13H,1-5,8-11,16H2. The van der Waals surface area contributed by atoms with E-state index >= 15 is 0 Å². The fourth-order valence-electron chi connectivity index (χ4n) is 3.46. The lowest BCUT2D eigenvalue weighted by atomic mass is 9.94. The van der Waals surface area contributed by atoms with Crippen LogP contribution in [0.15, 0.2) is 18.5 Å². The molecule has 1 aromatic rings. The number of aromatic nitrogens is 1. The van der Waals surface area contributed by atoms with E-state index in [9.17, 15) is 0 Å². The highest BCUT2D eigenvalue weighted by molar-refractivity contribution is 5.66. The number of piperazine rings is 1. The van der Waals surface area contributed by atoms with Crippen LogP contribution >= 0.6 is 0 Å². The van der Waals surface area contributed by atoms with Crippen molar-refractivity contribution in [3.63, 3.8) is 0 Å². The van der Waals surface area contributed by atoms with Crippen molar-refractivity contribution in [3.05, 3.63) is 18.5 Å². The summed E-state index contributed by atoms with van der Waals surface area (Å²) in [5.74, 6) is 0. The third-order valence-corrected chi connectivity index (χ3v) is 4.57. The number of hydrogen-bond acceptors (Lipinski definition) is 4. The molecule has 4 heteroatoms. The molecule has 0 radical (unpaired) electrons. The van der Waals surface area contributed by atoms with Crippen molar-refractivity contribution in [1.82, 2.24) is 9.88 Å². The summed E-state index contributed by atoms with van der Waals surface area (Å²) in [5.41, 5.74) is 7.96. The Bertz CT molecular complexity index is 406. The molecule has 0 amide bonds. The van der Waals surface area contributed by atoms with E-state index in [2.05, 4.69) is 14.8 Å². The second-order valence-corrected chi connectivity index (χ2v) is 5.75. The lowest BCUT2D eigenvalue weighted by Crippen LogP contribution is -2.51. The smallest absolute Gasteiger partial charge is 0.0738 e. The molecule has 1 saturated carbocycles. The highest BCUT2D eigenvalue weighted by Gasteiger charge is 2.25. The largest absolute Gasteiger partial charge is 0.396 e. The van der Waals surface area contributed by atoms with Gasteiger partial charge < -0.3 is 10.6 Å². The number of nitrogens with two attached hydrogens (primary N) is 1. The van der Waals surface area contributed by atoms with E-state index in [1.54, 1.807) is 6.20 Å². The molecule has 19 heavy (non-hydrogen) atoms. The van der Waals surface area contributed by atoms with Crippen molar-refractivity contribution in [2.24, 2.45) is 0 Å². The monoisotopic (exact) mass is 260 g/mol. The van der Waals surface area contributed by atoms with Crippen LogP contribution in [0.3, 0.4) is 0 Å². The lowest BCUT2D eigenvalue weighted by molar-refractivity contribution is 0.148. The third-order valence-electron chi connectivity index (χ3n) is 4.57. The molecule has 4 nitrogen and oxygen atoms in total. The Morgan fingerprint density at radius 2 is 1.79 bits per heavy atom. The maximum Gasteiger partial charge on any atom is 0.0738 e. The van der Waals surface area contributed by atoms with Crippen LogP contribution in [0.25, 0.3) is 0 Å². The quantitative estimate of drug-likeness (QED) is 0.884. The molecular weight excluding hydrogens is 236 g/mol. The van der Waals surface area contributed by atoms with Crippen LogP contribution in [0.2, 0.25) is 0 Å². The molecule has 2 N–H and O–H groups in total. The highest BCUT2D eigenvalue weighted by atomic mass is 15.3. The molecule has 0 bridgehead atoms. The Balaban J connectivity index is 1.58. The van der Waals surface area contributed by atoms with Gasteiger partial charge >= 0.3 is 0 Å². The Morgan fingerprint density at radius 1 is 1.05 bits per heavy atom. The zero-order chi connectivity index (χ0) is 13.1. The van der Waals surface area contributed by atoms with Crippen molar-refractivity contribution < 1.29 is 0 Å². The van der Waals surface area contributed by atoms with Crippen LogP contribution in [0.5, 0.6) is 0 Å². The minimum atomic E-state index is 0.800. The Hall–Kier alpha value is -1.29. The molecule has 2 fully saturated rings. The topological polar surface area (TPSA) is 45.4 Å². The number of pyridine rings is 1. The van der Waals surface area contributed by atoms with Gasteiger partial charge in [-0.3, -0.25) is 9.88 Å². The van der Waals surface area contributed by atoms with E-state index in [1.807, 2.05) is 12.3 Å². The molecule has 1 aliphatic heterocycles. The summed E-state index contributed by atoms with van der Waals surface area (Å²) in [6.07, 6.45) is 10.7. The first kappa shape index (κ1) is 12.7. The van der Waals surface area contributed by atoms with E-state index in [-0.39, 0.29) is 0 Å². The first-order chi connectivity index (χ1) is 9.34. The number of nitrogen functional groups attached to an aromatic ring is 1. The van der Waals surface area contributed by atoms with Gasteiger partial charge in [0.2, 0.25) is 0 Å². The average molecular weight is 260 g/mol. The highest BCUT2D eigenvalue weighted by Crippen LogP contribution is 2.26. The maximum absolute atomic E-state index is 6.01. The Kier molecular flexibility index (Phi) is 3.87. The minimum Gasteiger partial charge on any atom is -0.396 e. The first-order valence-electron chi connectivity index (χ1n) is 7.53. The van der Waals surface area contributed by atoms with E-state index in [4.69, 9.17) is 5.73 Å². The van der Waals surface area contributed by atoms with Crippen LogP contribution in [-0.4, -0.2) is 42.1 Å². The van der Waals surface area contributed by atoms with Gasteiger partial charge in [-0.05, 0) is 18.9 Å². The molecule has 0 spiro atoms. The van der Waals surface area contributed by atoms with Crippen LogP contribution in [0.4, 0.5) is 11.4 Å². The molecule has 0 aromatic carbocycles. The average Bonchev–Trinajstić information content (AvgIpc) is 2.49. The van der Waals surface area contributed by atoms with Gasteiger partial charge in [-0.15, -0.1) is 0 Å². The maximum atomic E-state index is 6.01. The van der Waals surface area contributed by atoms with Crippen LogP contribution < -0.4 is 10.6 Å². The Morgan fingerprint density at radius 3 is 2.47 bits per heavy atom. The van der Waals surface area contributed by atoms with E-state index in [0.717, 1.165) is 30.5 Å². The number of hydrogen-bond donors (Lipinski definition) is 1. The van der Waals surface area contributed by atoms with Crippen molar-refractivity contribution in [2.75, 3.05) is 36.8 Å². The number of nitrogens with zero attached hydrogens (tertiary/aromatic N) is 3. The first-order valence-corrected chi connectivity index (χ1v) is 7.53. The minimum absolute atomic E-state index is 0.800. The lowest BCUT2D eigenvalue weighted by Gasteiger charge is -2.41. The SMILES string of the molecule is Nc1cnccc1N1CCN(C2CCCCC2)CC1. The summed E-state index contributed by atoms with van der Waals surface area (Å²) >= 11 is 0. The van der Waals surface area contributed by atoms with Gasteiger partial charge in [0.15, 0.2) is 0 Å².